The Bertz CT molecular complexity index is 1100. The summed E-state index contributed by atoms with van der Waals surface area (Å²) < 4.78 is 11.2. The quantitative estimate of drug-likeness (QED) is 0.361. The van der Waals surface area contributed by atoms with Crippen molar-refractivity contribution in [2.75, 3.05) is 23.8 Å². The van der Waals surface area contributed by atoms with E-state index in [1.54, 1.807) is 60.7 Å². The predicted molar refractivity (Wildman–Crippen MR) is 136 cm³/mol. The summed E-state index contributed by atoms with van der Waals surface area (Å²) in [6.45, 7) is 12.2. The normalized spacial score (nSPS) is 10.2. The molecule has 0 aliphatic heterocycles. The van der Waals surface area contributed by atoms with Crippen LogP contribution in [0.2, 0.25) is 0 Å². The minimum atomic E-state index is -0.286. The molecule has 0 atom stereocenters. The van der Waals surface area contributed by atoms with E-state index in [4.69, 9.17) is 9.47 Å². The molecule has 3 aromatic carbocycles. The zero-order chi connectivity index (χ0) is 24.5. The summed E-state index contributed by atoms with van der Waals surface area (Å²) >= 11 is 0. The molecule has 0 heterocycles. The van der Waals surface area contributed by atoms with Gasteiger partial charge in [-0.25, -0.2) is 0 Å². The molecule has 0 fully saturated rings. The molecule has 3 aromatic rings. The molecule has 0 saturated carbocycles. The van der Waals surface area contributed by atoms with Crippen molar-refractivity contribution in [3.63, 3.8) is 0 Å². The predicted octanol–water partition coefficient (Wildman–Crippen LogP) is 6.10. The summed E-state index contributed by atoms with van der Waals surface area (Å²) in [7, 11) is 0. The molecule has 174 valence electrons. The van der Waals surface area contributed by atoms with E-state index in [1.807, 2.05) is 26.0 Å². The molecule has 6 nitrogen and oxygen atoms in total. The van der Waals surface area contributed by atoms with E-state index in [1.165, 1.54) is 0 Å². The lowest BCUT2D eigenvalue weighted by Crippen LogP contribution is -2.14. The number of rotatable bonds is 10. The van der Waals surface area contributed by atoms with Crippen molar-refractivity contribution in [2.45, 2.75) is 13.8 Å². The van der Waals surface area contributed by atoms with E-state index >= 15 is 0 Å². The Labute approximate surface area is 199 Å². The van der Waals surface area contributed by atoms with E-state index in [2.05, 4.69) is 23.8 Å². The first kappa shape index (κ1) is 24.3. The molecule has 0 aliphatic carbocycles. The minimum Gasteiger partial charge on any atom is -0.489 e. The van der Waals surface area contributed by atoms with Gasteiger partial charge in [-0.05, 0) is 73.5 Å². The average Bonchev–Trinajstić information content (AvgIpc) is 2.82. The van der Waals surface area contributed by atoms with Gasteiger partial charge >= 0.3 is 0 Å². The molecule has 0 unspecified atom stereocenters. The number of anilines is 2. The molecule has 2 amide bonds. The molecule has 2 N–H and O–H groups in total. The maximum atomic E-state index is 12.6. The van der Waals surface area contributed by atoms with Gasteiger partial charge in [-0.1, -0.05) is 25.3 Å². The standard InChI is InChI=1S/C28H28N2O4/c1-19(2)17-33-25-9-5-7-23(15-25)29-27(31)21-11-13-22(14-12-21)28(32)30-24-8-6-10-26(16-24)34-18-20(3)4/h5-16H,1,3,17-18H2,2,4H3,(H,29,31)(H,30,32). The van der Waals surface area contributed by atoms with E-state index in [0.717, 1.165) is 11.1 Å². The number of amides is 2. The Kier molecular flexibility index (Phi) is 8.24. The van der Waals surface area contributed by atoms with Crippen LogP contribution in [0.25, 0.3) is 0 Å². The van der Waals surface area contributed by atoms with Gasteiger partial charge in [0.15, 0.2) is 0 Å². The van der Waals surface area contributed by atoms with Gasteiger partial charge in [-0.3, -0.25) is 9.59 Å². The number of benzene rings is 3. The van der Waals surface area contributed by atoms with E-state index in [-0.39, 0.29) is 11.8 Å². The smallest absolute Gasteiger partial charge is 0.255 e. The molecular weight excluding hydrogens is 428 g/mol. The first-order valence-corrected chi connectivity index (χ1v) is 10.8. The first-order chi connectivity index (χ1) is 16.3. The fourth-order valence-corrected chi connectivity index (χ4v) is 2.92. The second-order valence-electron chi connectivity index (χ2n) is 8.03. The van der Waals surface area contributed by atoms with Crippen LogP contribution in [0.1, 0.15) is 34.6 Å². The van der Waals surface area contributed by atoms with Gasteiger partial charge in [0.1, 0.15) is 24.7 Å². The van der Waals surface area contributed by atoms with Crippen molar-refractivity contribution in [1.82, 2.24) is 0 Å². The van der Waals surface area contributed by atoms with Gasteiger partial charge in [-0.15, -0.1) is 0 Å². The maximum Gasteiger partial charge on any atom is 0.255 e. The van der Waals surface area contributed by atoms with Gasteiger partial charge in [-0.2, -0.15) is 0 Å². The Morgan fingerprint density at radius 3 is 1.41 bits per heavy atom. The third kappa shape index (κ3) is 7.38. The van der Waals surface area contributed by atoms with Crippen molar-refractivity contribution in [2.24, 2.45) is 0 Å². The van der Waals surface area contributed by atoms with Crippen LogP contribution in [-0.2, 0) is 0 Å². The Morgan fingerprint density at radius 2 is 1.06 bits per heavy atom. The SMILES string of the molecule is C=C(C)COc1cccc(NC(=O)c2ccc(C(=O)Nc3cccc(OCC(=C)C)c3)cc2)c1. The number of carbonyl (C=O) groups excluding carboxylic acids is 2. The van der Waals surface area contributed by atoms with Crippen molar-refractivity contribution in [3.05, 3.63) is 108 Å². The van der Waals surface area contributed by atoms with Crippen LogP contribution in [0.5, 0.6) is 11.5 Å². The number of nitrogens with one attached hydrogen (secondary N) is 2. The van der Waals surface area contributed by atoms with Gasteiger partial charge in [0, 0.05) is 34.6 Å². The zero-order valence-corrected chi connectivity index (χ0v) is 19.4. The van der Waals surface area contributed by atoms with Crippen molar-refractivity contribution in [3.8, 4) is 11.5 Å². The Balaban J connectivity index is 1.60. The summed E-state index contributed by atoms with van der Waals surface area (Å²) in [5.41, 5.74) is 3.89. The zero-order valence-electron chi connectivity index (χ0n) is 19.4. The molecule has 34 heavy (non-hydrogen) atoms. The molecule has 6 heteroatoms. The van der Waals surface area contributed by atoms with Crippen LogP contribution in [-0.4, -0.2) is 25.0 Å². The van der Waals surface area contributed by atoms with E-state index in [9.17, 15) is 9.59 Å². The van der Waals surface area contributed by atoms with Crippen LogP contribution in [0.3, 0.4) is 0 Å². The summed E-state index contributed by atoms with van der Waals surface area (Å²) in [5, 5.41) is 5.68. The van der Waals surface area contributed by atoms with Crippen LogP contribution in [0.15, 0.2) is 97.1 Å². The summed E-state index contributed by atoms with van der Waals surface area (Å²) in [4.78, 5) is 25.2. The molecular formula is C28H28N2O4. The Morgan fingerprint density at radius 1 is 0.676 bits per heavy atom. The number of carbonyl (C=O) groups is 2. The highest BCUT2D eigenvalue weighted by Crippen LogP contribution is 2.20. The van der Waals surface area contributed by atoms with Gasteiger partial charge in [0.2, 0.25) is 0 Å². The van der Waals surface area contributed by atoms with Crippen LogP contribution >= 0.6 is 0 Å². The second kappa shape index (κ2) is 11.5. The highest BCUT2D eigenvalue weighted by atomic mass is 16.5. The topological polar surface area (TPSA) is 76.7 Å². The molecule has 0 spiro atoms. The van der Waals surface area contributed by atoms with Crippen LogP contribution in [0, 0.1) is 0 Å². The van der Waals surface area contributed by atoms with E-state index in [0.29, 0.717) is 47.2 Å². The second-order valence-corrected chi connectivity index (χ2v) is 8.03. The van der Waals surface area contributed by atoms with Crippen molar-refractivity contribution >= 4 is 23.2 Å². The lowest BCUT2D eigenvalue weighted by molar-refractivity contribution is 0.101. The molecule has 3 rings (SSSR count). The monoisotopic (exact) mass is 456 g/mol. The van der Waals surface area contributed by atoms with Crippen LogP contribution < -0.4 is 20.1 Å². The average molecular weight is 457 g/mol. The first-order valence-electron chi connectivity index (χ1n) is 10.8. The highest BCUT2D eigenvalue weighted by molar-refractivity contribution is 6.07. The number of hydrogen-bond donors (Lipinski definition) is 2. The minimum absolute atomic E-state index is 0.286. The highest BCUT2D eigenvalue weighted by Gasteiger charge is 2.11. The van der Waals surface area contributed by atoms with Crippen LogP contribution in [0.4, 0.5) is 11.4 Å². The molecule has 0 aliphatic rings. The molecule has 0 radical (unpaired) electrons. The third-order valence-electron chi connectivity index (χ3n) is 4.56. The van der Waals surface area contributed by atoms with Gasteiger partial charge < -0.3 is 20.1 Å². The Hall–Kier alpha value is -4.32. The maximum absolute atomic E-state index is 12.6. The summed E-state index contributed by atoms with van der Waals surface area (Å²) in [6, 6.07) is 20.7. The van der Waals surface area contributed by atoms with Gasteiger partial charge in [0.25, 0.3) is 11.8 Å². The fraction of sp³-hybridized carbons (Fsp3) is 0.143. The molecule has 0 saturated heterocycles. The van der Waals surface area contributed by atoms with E-state index < -0.39 is 0 Å². The fourth-order valence-electron chi connectivity index (χ4n) is 2.92. The lowest BCUT2D eigenvalue weighted by atomic mass is 10.1. The summed E-state index contributed by atoms with van der Waals surface area (Å²) in [5.74, 6) is 0.710. The van der Waals surface area contributed by atoms with Gasteiger partial charge in [0.05, 0.1) is 0 Å². The summed E-state index contributed by atoms with van der Waals surface area (Å²) in [6.07, 6.45) is 0. The molecule has 0 bridgehead atoms. The largest absolute Gasteiger partial charge is 0.489 e. The lowest BCUT2D eigenvalue weighted by Gasteiger charge is -2.10. The van der Waals surface area contributed by atoms with Crippen molar-refractivity contribution in [1.29, 1.82) is 0 Å². The third-order valence-corrected chi connectivity index (χ3v) is 4.56. The van der Waals surface area contributed by atoms with Crippen molar-refractivity contribution < 1.29 is 19.1 Å². The number of hydrogen-bond acceptors (Lipinski definition) is 4. The molecule has 0 aromatic heterocycles. The number of ether oxygens (including phenoxy) is 2.